The Morgan fingerprint density at radius 2 is 1.48 bits per heavy atom. The van der Waals surface area contributed by atoms with Crippen LogP contribution in [-0.2, 0) is 0 Å². The van der Waals surface area contributed by atoms with Gasteiger partial charge in [0, 0.05) is 5.92 Å². The molecule has 0 aromatic carbocycles. The number of nitriles is 1. The lowest BCUT2D eigenvalue weighted by molar-refractivity contribution is 0.0335. The molecule has 3 fully saturated rings. The van der Waals surface area contributed by atoms with Crippen LogP contribution in [-0.4, -0.2) is 0 Å². The normalized spacial score (nSPS) is 33.7. The molecule has 142 valence electrons. The van der Waals surface area contributed by atoms with Gasteiger partial charge >= 0.3 is 0 Å². The second-order valence-corrected chi connectivity index (χ2v) is 9.76. The molecule has 3 rings (SSSR count). The van der Waals surface area contributed by atoms with Gasteiger partial charge in [-0.25, -0.2) is 0 Å². The Morgan fingerprint density at radius 1 is 0.880 bits per heavy atom. The zero-order valence-electron chi connectivity index (χ0n) is 16.8. The fraction of sp³-hybridized carbons (Fsp3) is 0.958. The van der Waals surface area contributed by atoms with Gasteiger partial charge in [-0.05, 0) is 87.4 Å². The summed E-state index contributed by atoms with van der Waals surface area (Å²) in [5.41, 5.74) is 0.679. The van der Waals surface area contributed by atoms with Gasteiger partial charge in [-0.15, -0.1) is 0 Å². The Labute approximate surface area is 157 Å². The summed E-state index contributed by atoms with van der Waals surface area (Å²) in [5.74, 6) is 2.95. The maximum Gasteiger partial charge on any atom is 0.0658 e. The molecule has 1 atom stereocenters. The molecule has 1 nitrogen and oxygen atoms in total. The van der Waals surface area contributed by atoms with Crippen molar-refractivity contribution in [2.45, 2.75) is 116 Å². The highest BCUT2D eigenvalue weighted by molar-refractivity contribution is 4.95. The highest BCUT2D eigenvalue weighted by Crippen LogP contribution is 2.53. The first kappa shape index (κ1) is 19.3. The second-order valence-electron chi connectivity index (χ2n) is 9.76. The lowest BCUT2D eigenvalue weighted by Gasteiger charge is -2.48. The van der Waals surface area contributed by atoms with Crippen molar-refractivity contribution < 1.29 is 0 Å². The minimum atomic E-state index is 0.360. The smallest absolute Gasteiger partial charge is 0.0658 e. The first-order valence-corrected chi connectivity index (χ1v) is 11.7. The maximum absolute atomic E-state index is 9.75. The largest absolute Gasteiger partial charge is 0.198 e. The van der Waals surface area contributed by atoms with Crippen LogP contribution in [0.1, 0.15) is 116 Å². The molecule has 0 spiro atoms. The molecule has 0 heterocycles. The number of nitrogens with zero attached hydrogens (tertiary/aromatic N) is 1. The Bertz CT molecular complexity index is 414. The van der Waals surface area contributed by atoms with Gasteiger partial charge in [-0.2, -0.15) is 5.26 Å². The lowest BCUT2D eigenvalue weighted by Crippen LogP contribution is -2.36. The third kappa shape index (κ3) is 4.81. The van der Waals surface area contributed by atoms with Gasteiger partial charge < -0.3 is 0 Å². The molecule has 0 aliphatic heterocycles. The van der Waals surface area contributed by atoms with Gasteiger partial charge in [0.05, 0.1) is 6.07 Å². The maximum atomic E-state index is 9.75. The van der Waals surface area contributed by atoms with Crippen LogP contribution in [0.2, 0.25) is 0 Å². The molecule has 0 bridgehead atoms. The number of hydrogen-bond acceptors (Lipinski definition) is 1. The van der Waals surface area contributed by atoms with E-state index < -0.39 is 0 Å². The molecule has 1 unspecified atom stereocenters. The summed E-state index contributed by atoms with van der Waals surface area (Å²) in [5, 5.41) is 9.75. The minimum Gasteiger partial charge on any atom is -0.198 e. The minimum absolute atomic E-state index is 0.360. The third-order valence-corrected chi connectivity index (χ3v) is 8.29. The van der Waals surface area contributed by atoms with Gasteiger partial charge in [-0.3, -0.25) is 0 Å². The van der Waals surface area contributed by atoms with E-state index in [1.165, 1.54) is 109 Å². The summed E-state index contributed by atoms with van der Waals surface area (Å²) < 4.78 is 0. The van der Waals surface area contributed by atoms with Crippen LogP contribution in [0.4, 0.5) is 0 Å². The van der Waals surface area contributed by atoms with Crippen molar-refractivity contribution in [3.05, 3.63) is 0 Å². The summed E-state index contributed by atoms with van der Waals surface area (Å²) in [4.78, 5) is 0. The van der Waals surface area contributed by atoms with E-state index in [1.54, 1.807) is 0 Å². The molecule has 3 aliphatic carbocycles. The topological polar surface area (TPSA) is 23.8 Å². The van der Waals surface area contributed by atoms with E-state index in [4.69, 9.17) is 0 Å². The Balaban J connectivity index is 1.54. The van der Waals surface area contributed by atoms with Gasteiger partial charge in [0.25, 0.3) is 0 Å². The van der Waals surface area contributed by atoms with Crippen molar-refractivity contribution in [2.24, 2.45) is 29.1 Å². The monoisotopic (exact) mass is 343 g/mol. The summed E-state index contributed by atoms with van der Waals surface area (Å²) >= 11 is 0. The van der Waals surface area contributed by atoms with E-state index >= 15 is 0 Å². The first-order chi connectivity index (χ1) is 12.3. The number of rotatable bonds is 6. The average molecular weight is 344 g/mol. The Hall–Kier alpha value is -0.510. The molecular formula is C24H41N. The summed E-state index contributed by atoms with van der Waals surface area (Å²) in [6.07, 6.45) is 24.1. The quantitative estimate of drug-likeness (QED) is 0.485. The van der Waals surface area contributed by atoms with Crippen LogP contribution in [0.25, 0.3) is 0 Å². The van der Waals surface area contributed by atoms with Crippen LogP contribution in [0.3, 0.4) is 0 Å². The molecular weight excluding hydrogens is 302 g/mol. The molecule has 0 amide bonds. The van der Waals surface area contributed by atoms with E-state index in [0.29, 0.717) is 11.3 Å². The summed E-state index contributed by atoms with van der Waals surface area (Å²) in [6, 6.07) is 2.73. The molecule has 3 aliphatic rings. The van der Waals surface area contributed by atoms with Crippen LogP contribution in [0.15, 0.2) is 0 Å². The van der Waals surface area contributed by atoms with E-state index in [2.05, 4.69) is 13.0 Å². The van der Waals surface area contributed by atoms with Crippen molar-refractivity contribution >= 4 is 0 Å². The van der Waals surface area contributed by atoms with Gasteiger partial charge in [0.1, 0.15) is 0 Å². The van der Waals surface area contributed by atoms with Crippen molar-refractivity contribution in [3.63, 3.8) is 0 Å². The molecule has 1 heteroatoms. The highest BCUT2D eigenvalue weighted by atomic mass is 14.5. The molecule has 25 heavy (non-hydrogen) atoms. The Kier molecular flexibility index (Phi) is 7.27. The van der Waals surface area contributed by atoms with Crippen LogP contribution < -0.4 is 0 Å². The SMILES string of the molecule is CCCC1(C2CCCCC2)CCC(CC(C#N)C2CCCCC2)CC1. The number of hydrogen-bond donors (Lipinski definition) is 0. The molecule has 0 radical (unpaired) electrons. The standard InChI is InChI=1S/C24H41N/c1-2-15-24(23-11-7-4-8-12-23)16-13-20(14-17-24)18-22(19-25)21-9-5-3-6-10-21/h20-23H,2-18H2,1H3. The third-order valence-electron chi connectivity index (χ3n) is 8.29. The van der Waals surface area contributed by atoms with Crippen molar-refractivity contribution in [2.75, 3.05) is 0 Å². The second kappa shape index (κ2) is 9.43. The predicted molar refractivity (Wildman–Crippen MR) is 106 cm³/mol. The van der Waals surface area contributed by atoms with Crippen molar-refractivity contribution in [1.29, 1.82) is 5.26 Å². The highest BCUT2D eigenvalue weighted by Gasteiger charge is 2.41. The van der Waals surface area contributed by atoms with E-state index in [9.17, 15) is 5.26 Å². The van der Waals surface area contributed by atoms with Gasteiger partial charge in [-0.1, -0.05) is 51.9 Å². The van der Waals surface area contributed by atoms with Crippen molar-refractivity contribution in [3.8, 4) is 6.07 Å². The van der Waals surface area contributed by atoms with Crippen LogP contribution in [0, 0.1) is 40.4 Å². The van der Waals surface area contributed by atoms with Gasteiger partial charge in [0.2, 0.25) is 0 Å². The lowest BCUT2D eigenvalue weighted by atomic mass is 9.57. The van der Waals surface area contributed by atoms with E-state index in [0.717, 1.165) is 17.8 Å². The predicted octanol–water partition coefficient (Wildman–Crippen LogP) is 7.65. The molecule has 0 saturated heterocycles. The van der Waals surface area contributed by atoms with Gasteiger partial charge in [0.15, 0.2) is 0 Å². The average Bonchev–Trinajstić information content (AvgIpc) is 2.69. The van der Waals surface area contributed by atoms with Crippen LogP contribution in [0.5, 0.6) is 0 Å². The molecule has 0 N–H and O–H groups in total. The molecule has 0 aromatic heterocycles. The summed E-state index contributed by atoms with van der Waals surface area (Å²) in [7, 11) is 0. The van der Waals surface area contributed by atoms with E-state index in [-0.39, 0.29) is 0 Å². The van der Waals surface area contributed by atoms with E-state index in [1.807, 2.05) is 0 Å². The molecule has 3 saturated carbocycles. The molecule has 0 aromatic rings. The fourth-order valence-electron chi connectivity index (χ4n) is 6.81. The van der Waals surface area contributed by atoms with Crippen molar-refractivity contribution in [1.82, 2.24) is 0 Å². The zero-order valence-corrected chi connectivity index (χ0v) is 16.8. The fourth-order valence-corrected chi connectivity index (χ4v) is 6.81. The van der Waals surface area contributed by atoms with Crippen LogP contribution >= 0.6 is 0 Å². The summed E-state index contributed by atoms with van der Waals surface area (Å²) in [6.45, 7) is 2.39. The zero-order chi connectivity index (χ0) is 17.5. The first-order valence-electron chi connectivity index (χ1n) is 11.7. The Morgan fingerprint density at radius 3 is 2.04 bits per heavy atom.